The first-order chi connectivity index (χ1) is 9.58. The van der Waals surface area contributed by atoms with Crippen LogP contribution in [0.5, 0.6) is 5.75 Å². The van der Waals surface area contributed by atoms with Gasteiger partial charge in [0.1, 0.15) is 5.75 Å². The third kappa shape index (κ3) is 2.64. The van der Waals surface area contributed by atoms with E-state index in [1.807, 2.05) is 19.1 Å². The van der Waals surface area contributed by atoms with E-state index < -0.39 is 17.7 Å². The third-order valence-electron chi connectivity index (χ3n) is 3.16. The lowest BCUT2D eigenvalue weighted by atomic mass is 9.96. The zero-order valence-electron chi connectivity index (χ0n) is 11.3. The maximum Gasteiger partial charge on any atom is 0.163 e. The molecule has 0 aliphatic carbocycles. The smallest absolute Gasteiger partial charge is 0.163 e. The Balaban J connectivity index is 2.58. The molecule has 0 spiro atoms. The van der Waals surface area contributed by atoms with Gasteiger partial charge in [-0.05, 0) is 19.1 Å². The van der Waals surface area contributed by atoms with E-state index >= 15 is 0 Å². The predicted molar refractivity (Wildman–Crippen MR) is 73.3 cm³/mol. The fourth-order valence-electron chi connectivity index (χ4n) is 2.17. The van der Waals surface area contributed by atoms with E-state index in [1.165, 1.54) is 19.2 Å². The van der Waals surface area contributed by atoms with Crippen molar-refractivity contribution in [2.24, 2.45) is 5.84 Å². The summed E-state index contributed by atoms with van der Waals surface area (Å²) in [5.74, 6) is 4.27. The SMILES string of the molecule is COc1ccc(C)cc1C(NN)c1cccc(F)c1F. The first-order valence-electron chi connectivity index (χ1n) is 6.13. The summed E-state index contributed by atoms with van der Waals surface area (Å²) in [6.07, 6.45) is 0. The van der Waals surface area contributed by atoms with Crippen molar-refractivity contribution in [1.29, 1.82) is 0 Å². The van der Waals surface area contributed by atoms with E-state index in [1.54, 1.807) is 6.07 Å². The number of nitrogens with one attached hydrogen (secondary N) is 1. The van der Waals surface area contributed by atoms with E-state index in [0.29, 0.717) is 11.3 Å². The average molecular weight is 278 g/mol. The summed E-state index contributed by atoms with van der Waals surface area (Å²) < 4.78 is 32.6. The normalized spacial score (nSPS) is 12.2. The topological polar surface area (TPSA) is 47.3 Å². The second kappa shape index (κ2) is 5.98. The number of hydrogen-bond acceptors (Lipinski definition) is 3. The van der Waals surface area contributed by atoms with Gasteiger partial charge in [0.2, 0.25) is 0 Å². The fraction of sp³-hybridized carbons (Fsp3) is 0.200. The van der Waals surface area contributed by atoms with Crippen molar-refractivity contribution < 1.29 is 13.5 Å². The molecular formula is C15H16F2N2O. The summed E-state index contributed by atoms with van der Waals surface area (Å²) in [6.45, 7) is 1.90. The lowest BCUT2D eigenvalue weighted by Crippen LogP contribution is -2.30. The van der Waals surface area contributed by atoms with Crippen LogP contribution < -0.4 is 16.0 Å². The predicted octanol–water partition coefficient (Wildman–Crippen LogP) is 2.83. The molecule has 2 aromatic carbocycles. The second-order valence-corrected chi connectivity index (χ2v) is 4.49. The van der Waals surface area contributed by atoms with Gasteiger partial charge in [-0.25, -0.2) is 14.2 Å². The Bertz CT molecular complexity index is 617. The van der Waals surface area contributed by atoms with Gasteiger partial charge in [0.25, 0.3) is 0 Å². The summed E-state index contributed by atoms with van der Waals surface area (Å²) in [5, 5.41) is 0. The van der Waals surface area contributed by atoms with E-state index in [9.17, 15) is 8.78 Å². The van der Waals surface area contributed by atoms with E-state index in [0.717, 1.165) is 11.6 Å². The molecule has 1 atom stereocenters. The van der Waals surface area contributed by atoms with Crippen molar-refractivity contribution in [3.8, 4) is 5.75 Å². The maximum atomic E-state index is 13.9. The van der Waals surface area contributed by atoms with Gasteiger partial charge >= 0.3 is 0 Å². The molecule has 0 saturated heterocycles. The Labute approximate surface area is 116 Å². The number of benzene rings is 2. The zero-order valence-corrected chi connectivity index (χ0v) is 11.3. The van der Waals surface area contributed by atoms with Crippen molar-refractivity contribution in [1.82, 2.24) is 5.43 Å². The average Bonchev–Trinajstić information content (AvgIpc) is 2.44. The van der Waals surface area contributed by atoms with Gasteiger partial charge < -0.3 is 4.74 Å². The summed E-state index contributed by atoms with van der Waals surface area (Å²) >= 11 is 0. The molecule has 2 aromatic rings. The Morgan fingerprint density at radius 2 is 1.90 bits per heavy atom. The molecule has 3 N–H and O–H groups in total. The van der Waals surface area contributed by atoms with Gasteiger partial charge in [0.15, 0.2) is 11.6 Å². The lowest BCUT2D eigenvalue weighted by molar-refractivity contribution is 0.402. The number of ether oxygens (including phenoxy) is 1. The molecule has 3 nitrogen and oxygen atoms in total. The highest BCUT2D eigenvalue weighted by molar-refractivity contribution is 5.44. The van der Waals surface area contributed by atoms with Crippen LogP contribution >= 0.6 is 0 Å². The minimum absolute atomic E-state index is 0.136. The van der Waals surface area contributed by atoms with Gasteiger partial charge in [-0.3, -0.25) is 5.84 Å². The molecule has 2 rings (SSSR count). The molecule has 5 heteroatoms. The summed E-state index contributed by atoms with van der Waals surface area (Å²) in [7, 11) is 1.52. The summed E-state index contributed by atoms with van der Waals surface area (Å²) in [4.78, 5) is 0. The van der Waals surface area contributed by atoms with Crippen LogP contribution in [0, 0.1) is 18.6 Å². The molecule has 0 bridgehead atoms. The van der Waals surface area contributed by atoms with Crippen molar-refractivity contribution >= 4 is 0 Å². The monoisotopic (exact) mass is 278 g/mol. The van der Waals surface area contributed by atoms with Crippen LogP contribution in [0.1, 0.15) is 22.7 Å². The first kappa shape index (κ1) is 14.4. The Hall–Kier alpha value is -1.98. The molecule has 0 saturated carbocycles. The number of halogens is 2. The third-order valence-corrected chi connectivity index (χ3v) is 3.16. The van der Waals surface area contributed by atoms with Crippen LogP contribution in [0.2, 0.25) is 0 Å². The van der Waals surface area contributed by atoms with Gasteiger partial charge in [0, 0.05) is 11.1 Å². The Kier molecular flexibility index (Phi) is 4.32. The van der Waals surface area contributed by atoms with Crippen LogP contribution in [-0.4, -0.2) is 7.11 Å². The fourth-order valence-corrected chi connectivity index (χ4v) is 2.17. The number of nitrogens with two attached hydrogens (primary N) is 1. The molecule has 20 heavy (non-hydrogen) atoms. The number of hydrazine groups is 1. The Morgan fingerprint density at radius 1 is 1.15 bits per heavy atom. The lowest BCUT2D eigenvalue weighted by Gasteiger charge is -2.20. The highest BCUT2D eigenvalue weighted by Gasteiger charge is 2.22. The summed E-state index contributed by atoms with van der Waals surface area (Å²) in [5.41, 5.74) is 4.28. The molecule has 0 amide bonds. The quantitative estimate of drug-likeness (QED) is 0.668. The van der Waals surface area contributed by atoms with Gasteiger partial charge in [-0.1, -0.05) is 29.8 Å². The van der Waals surface area contributed by atoms with Crippen LogP contribution in [0.4, 0.5) is 8.78 Å². The van der Waals surface area contributed by atoms with Crippen LogP contribution in [0.15, 0.2) is 36.4 Å². The van der Waals surface area contributed by atoms with Gasteiger partial charge in [0.05, 0.1) is 13.2 Å². The molecule has 0 aromatic heterocycles. The molecule has 0 radical (unpaired) electrons. The number of aryl methyl sites for hydroxylation is 1. The molecule has 106 valence electrons. The van der Waals surface area contributed by atoms with E-state index in [4.69, 9.17) is 10.6 Å². The van der Waals surface area contributed by atoms with Crippen molar-refractivity contribution in [3.63, 3.8) is 0 Å². The van der Waals surface area contributed by atoms with Gasteiger partial charge in [-0.2, -0.15) is 0 Å². The molecule has 0 aliphatic rings. The number of methoxy groups -OCH3 is 1. The zero-order chi connectivity index (χ0) is 14.7. The van der Waals surface area contributed by atoms with Crippen LogP contribution in [0.25, 0.3) is 0 Å². The van der Waals surface area contributed by atoms with Crippen molar-refractivity contribution in [2.45, 2.75) is 13.0 Å². The Morgan fingerprint density at radius 3 is 2.55 bits per heavy atom. The highest BCUT2D eigenvalue weighted by atomic mass is 19.2. The van der Waals surface area contributed by atoms with Gasteiger partial charge in [-0.15, -0.1) is 0 Å². The van der Waals surface area contributed by atoms with Crippen molar-refractivity contribution in [3.05, 3.63) is 64.7 Å². The van der Waals surface area contributed by atoms with E-state index in [2.05, 4.69) is 5.43 Å². The largest absolute Gasteiger partial charge is 0.496 e. The molecule has 1 unspecified atom stereocenters. The molecular weight excluding hydrogens is 262 g/mol. The molecule has 0 heterocycles. The van der Waals surface area contributed by atoms with Crippen LogP contribution in [-0.2, 0) is 0 Å². The second-order valence-electron chi connectivity index (χ2n) is 4.49. The number of hydrogen-bond donors (Lipinski definition) is 2. The maximum absolute atomic E-state index is 13.9. The molecule has 0 fully saturated rings. The standard InChI is InChI=1S/C15H16F2N2O/c1-9-6-7-13(20-2)11(8-9)15(19-18)10-4-3-5-12(16)14(10)17/h3-8,15,19H,18H2,1-2H3. The minimum atomic E-state index is -0.918. The van der Waals surface area contributed by atoms with Crippen LogP contribution in [0.3, 0.4) is 0 Å². The highest BCUT2D eigenvalue weighted by Crippen LogP contribution is 2.32. The summed E-state index contributed by atoms with van der Waals surface area (Å²) in [6, 6.07) is 8.78. The first-order valence-corrected chi connectivity index (χ1v) is 6.13. The number of rotatable bonds is 4. The van der Waals surface area contributed by atoms with Crippen molar-refractivity contribution in [2.75, 3.05) is 7.11 Å². The minimum Gasteiger partial charge on any atom is -0.496 e. The molecule has 0 aliphatic heterocycles. The van der Waals surface area contributed by atoms with E-state index in [-0.39, 0.29) is 5.56 Å².